The van der Waals surface area contributed by atoms with Crippen LogP contribution in [0.2, 0.25) is 0 Å². The minimum Gasteiger partial charge on any atom is -0.338 e. The molecule has 2 fully saturated rings. The molecule has 0 radical (unpaired) electrons. The highest BCUT2D eigenvalue weighted by molar-refractivity contribution is 7.91. The number of hydrogen-bond donors (Lipinski definition) is 0. The zero-order valence-electron chi connectivity index (χ0n) is 16.2. The molecule has 0 bridgehead atoms. The number of rotatable bonds is 5. The van der Waals surface area contributed by atoms with Gasteiger partial charge in [0.25, 0.3) is 0 Å². The first-order chi connectivity index (χ1) is 13.4. The molecule has 1 aromatic carbocycles. The molecule has 2 atom stereocenters. The van der Waals surface area contributed by atoms with Crippen LogP contribution in [-0.4, -0.2) is 72.8 Å². The van der Waals surface area contributed by atoms with Crippen molar-refractivity contribution in [3.63, 3.8) is 0 Å². The lowest BCUT2D eigenvalue weighted by molar-refractivity contribution is -0.134. The van der Waals surface area contributed by atoms with Crippen molar-refractivity contribution in [3.8, 4) is 0 Å². The summed E-state index contributed by atoms with van der Waals surface area (Å²) < 4.78 is 24.8. The number of likely N-dealkylation sites (tertiary alicyclic amines) is 1. The largest absolute Gasteiger partial charge is 0.338 e. The second kappa shape index (κ2) is 8.08. The number of carbonyl (C=O) groups excluding carboxylic acids is 1. The van der Waals surface area contributed by atoms with Crippen molar-refractivity contribution in [2.75, 3.05) is 37.7 Å². The first-order valence-corrected chi connectivity index (χ1v) is 12.7. The van der Waals surface area contributed by atoms with Gasteiger partial charge >= 0.3 is 0 Å². The van der Waals surface area contributed by atoms with Crippen LogP contribution in [0.3, 0.4) is 0 Å². The summed E-state index contributed by atoms with van der Waals surface area (Å²) in [5.74, 6) is 0.724. The first kappa shape index (κ1) is 19.8. The summed E-state index contributed by atoms with van der Waals surface area (Å²) in [4.78, 5) is 21.7. The molecule has 2 saturated heterocycles. The molecule has 1 amide bonds. The Balaban J connectivity index is 1.40. The standard InChI is InChI=1S/C20H27N3O3S2/c1-2-23(16-9-11-28(25,26)14-16)19(24)13-22-10-5-6-15(12-22)20-21-17-7-3-4-8-18(17)27-20/h3-4,7-8,15-16H,2,5-6,9-14H2,1H3/t15-,16+/m0/s1. The van der Waals surface area contributed by atoms with E-state index in [2.05, 4.69) is 11.0 Å². The molecule has 6 nitrogen and oxygen atoms in total. The predicted octanol–water partition coefficient (Wildman–Crippen LogP) is 2.51. The van der Waals surface area contributed by atoms with Crippen molar-refractivity contribution in [2.45, 2.75) is 38.1 Å². The predicted molar refractivity (Wildman–Crippen MR) is 112 cm³/mol. The van der Waals surface area contributed by atoms with Crippen LogP contribution in [0.15, 0.2) is 24.3 Å². The van der Waals surface area contributed by atoms with Crippen LogP contribution in [0.5, 0.6) is 0 Å². The quantitative estimate of drug-likeness (QED) is 0.742. The van der Waals surface area contributed by atoms with Crippen molar-refractivity contribution in [1.29, 1.82) is 0 Å². The molecule has 0 spiro atoms. The number of aromatic nitrogens is 1. The zero-order chi connectivity index (χ0) is 19.7. The lowest BCUT2D eigenvalue weighted by atomic mass is 9.98. The molecule has 0 saturated carbocycles. The van der Waals surface area contributed by atoms with Gasteiger partial charge in [0.15, 0.2) is 9.84 Å². The molecule has 3 heterocycles. The van der Waals surface area contributed by atoms with Gasteiger partial charge in [-0.3, -0.25) is 9.69 Å². The number of para-hydroxylation sites is 1. The van der Waals surface area contributed by atoms with Crippen LogP contribution in [0, 0.1) is 0 Å². The van der Waals surface area contributed by atoms with E-state index >= 15 is 0 Å². The Morgan fingerprint density at radius 3 is 2.86 bits per heavy atom. The third-order valence-electron chi connectivity index (χ3n) is 5.83. The van der Waals surface area contributed by atoms with E-state index in [1.54, 1.807) is 16.2 Å². The molecule has 2 aromatic rings. The molecule has 0 N–H and O–H groups in total. The monoisotopic (exact) mass is 421 g/mol. The molecule has 152 valence electrons. The highest BCUT2D eigenvalue weighted by Crippen LogP contribution is 2.33. The van der Waals surface area contributed by atoms with Gasteiger partial charge < -0.3 is 4.90 Å². The summed E-state index contributed by atoms with van der Waals surface area (Å²) in [6.45, 7) is 4.61. The minimum atomic E-state index is -2.99. The number of fused-ring (bicyclic) bond motifs is 1. The number of hydrogen-bond acceptors (Lipinski definition) is 6. The number of carbonyl (C=O) groups is 1. The van der Waals surface area contributed by atoms with Crippen LogP contribution in [-0.2, 0) is 14.6 Å². The highest BCUT2D eigenvalue weighted by Gasteiger charge is 2.35. The molecule has 28 heavy (non-hydrogen) atoms. The maximum atomic E-state index is 12.9. The number of thiazole rings is 1. The van der Waals surface area contributed by atoms with Crippen molar-refractivity contribution in [3.05, 3.63) is 29.3 Å². The van der Waals surface area contributed by atoms with Crippen LogP contribution >= 0.6 is 11.3 Å². The Labute approximate surface area is 170 Å². The molecule has 1 aromatic heterocycles. The van der Waals surface area contributed by atoms with E-state index in [1.165, 1.54) is 4.70 Å². The van der Waals surface area contributed by atoms with Crippen molar-refractivity contribution in [2.24, 2.45) is 0 Å². The van der Waals surface area contributed by atoms with Gasteiger partial charge in [-0.25, -0.2) is 13.4 Å². The third kappa shape index (κ3) is 4.23. The van der Waals surface area contributed by atoms with Crippen molar-refractivity contribution >= 4 is 37.3 Å². The molecular formula is C20H27N3O3S2. The molecule has 0 aliphatic carbocycles. The van der Waals surface area contributed by atoms with Gasteiger partial charge in [0.1, 0.15) is 0 Å². The number of benzene rings is 1. The maximum absolute atomic E-state index is 12.9. The topological polar surface area (TPSA) is 70.6 Å². The van der Waals surface area contributed by atoms with E-state index in [4.69, 9.17) is 4.98 Å². The smallest absolute Gasteiger partial charge is 0.237 e. The Kier molecular flexibility index (Phi) is 5.71. The number of piperidine rings is 1. The average molecular weight is 422 g/mol. The summed E-state index contributed by atoms with van der Waals surface area (Å²) in [6.07, 6.45) is 2.72. The molecule has 2 aliphatic heterocycles. The second-order valence-electron chi connectivity index (χ2n) is 7.83. The summed E-state index contributed by atoms with van der Waals surface area (Å²) in [6, 6.07) is 8.05. The number of sulfone groups is 1. The van der Waals surface area contributed by atoms with Gasteiger partial charge in [-0.1, -0.05) is 12.1 Å². The molecule has 8 heteroatoms. The highest BCUT2D eigenvalue weighted by atomic mass is 32.2. The summed E-state index contributed by atoms with van der Waals surface area (Å²) in [5, 5.41) is 1.16. The van der Waals surface area contributed by atoms with E-state index in [-0.39, 0.29) is 23.5 Å². The second-order valence-corrected chi connectivity index (χ2v) is 11.1. The van der Waals surface area contributed by atoms with Crippen LogP contribution in [0.25, 0.3) is 10.2 Å². The van der Waals surface area contributed by atoms with E-state index < -0.39 is 9.84 Å². The number of nitrogens with zero attached hydrogens (tertiary/aromatic N) is 3. The molecule has 0 unspecified atom stereocenters. The van der Waals surface area contributed by atoms with Crippen molar-refractivity contribution < 1.29 is 13.2 Å². The van der Waals surface area contributed by atoms with Gasteiger partial charge in [0.05, 0.1) is 33.3 Å². The Morgan fingerprint density at radius 1 is 1.32 bits per heavy atom. The fraction of sp³-hybridized carbons (Fsp3) is 0.600. The zero-order valence-corrected chi connectivity index (χ0v) is 17.8. The van der Waals surface area contributed by atoms with Crippen molar-refractivity contribution in [1.82, 2.24) is 14.8 Å². The summed E-state index contributed by atoms with van der Waals surface area (Å²) in [5.41, 5.74) is 1.05. The average Bonchev–Trinajstić information content (AvgIpc) is 3.25. The number of amides is 1. The molecular weight excluding hydrogens is 394 g/mol. The fourth-order valence-corrected chi connectivity index (χ4v) is 7.23. The first-order valence-electron chi connectivity index (χ1n) is 10.0. The summed E-state index contributed by atoms with van der Waals surface area (Å²) >= 11 is 1.76. The van der Waals surface area contributed by atoms with E-state index in [9.17, 15) is 13.2 Å². The van der Waals surface area contributed by atoms with Gasteiger partial charge in [-0.2, -0.15) is 0 Å². The van der Waals surface area contributed by atoms with Crippen LogP contribution in [0.4, 0.5) is 0 Å². The Morgan fingerprint density at radius 2 is 2.14 bits per heavy atom. The number of likely N-dealkylation sites (N-methyl/N-ethyl adjacent to an activating group) is 1. The SMILES string of the molecule is CCN(C(=O)CN1CCC[C@H](c2nc3ccccc3s2)C1)[C@@H]1CCS(=O)(=O)C1. The summed E-state index contributed by atoms with van der Waals surface area (Å²) in [7, 11) is -2.99. The molecule has 2 aliphatic rings. The van der Waals surface area contributed by atoms with Crippen LogP contribution in [0.1, 0.15) is 37.1 Å². The van der Waals surface area contributed by atoms with E-state index in [0.717, 1.165) is 36.5 Å². The van der Waals surface area contributed by atoms with Gasteiger partial charge in [-0.05, 0) is 44.9 Å². The lowest BCUT2D eigenvalue weighted by Gasteiger charge is -2.34. The molecule has 4 rings (SSSR count). The van der Waals surface area contributed by atoms with E-state index in [1.807, 2.05) is 25.1 Å². The fourth-order valence-electron chi connectivity index (χ4n) is 4.41. The van der Waals surface area contributed by atoms with Gasteiger partial charge in [0, 0.05) is 25.0 Å². The Bertz CT molecular complexity index is 924. The lowest BCUT2D eigenvalue weighted by Crippen LogP contribution is -2.47. The van der Waals surface area contributed by atoms with Crippen LogP contribution < -0.4 is 0 Å². The van der Waals surface area contributed by atoms with Gasteiger partial charge in [-0.15, -0.1) is 11.3 Å². The van der Waals surface area contributed by atoms with Gasteiger partial charge in [0.2, 0.25) is 5.91 Å². The minimum absolute atomic E-state index is 0.0505. The van der Waals surface area contributed by atoms with E-state index in [0.29, 0.717) is 25.4 Å². The normalized spacial score (nSPS) is 25.2. The Hall–Kier alpha value is -1.51. The third-order valence-corrected chi connectivity index (χ3v) is 8.78. The maximum Gasteiger partial charge on any atom is 0.237 e.